The number of rotatable bonds is 3. The average Bonchev–Trinajstić information content (AvgIpc) is 2.77. The Morgan fingerprint density at radius 3 is 3.10 bits per heavy atom. The van der Waals surface area contributed by atoms with Crippen molar-refractivity contribution >= 4 is 23.2 Å². The van der Waals surface area contributed by atoms with Crippen molar-refractivity contribution < 1.29 is 14.4 Å². The van der Waals surface area contributed by atoms with Gasteiger partial charge in [0.25, 0.3) is 0 Å². The Balaban J connectivity index is 1.78. The van der Waals surface area contributed by atoms with Crippen molar-refractivity contribution in [3.8, 4) is 0 Å². The second-order valence-corrected chi connectivity index (χ2v) is 5.00. The molecule has 2 N–H and O–H groups in total. The summed E-state index contributed by atoms with van der Waals surface area (Å²) in [6.45, 7) is 0. The summed E-state index contributed by atoms with van der Waals surface area (Å²) in [5, 5.41) is 11.0. The van der Waals surface area contributed by atoms with Crippen molar-refractivity contribution in [3.05, 3.63) is 45.7 Å². The number of halogens is 1. The number of allylic oxidation sites excluding steroid dienone is 3. The number of nitrogen functional groups attached to an aromatic ring is 1. The number of nitrogens with zero attached hydrogens (tertiary/aromatic N) is 3. The standard InChI is InChI=1S/C12H11ClN4O4/c13-11-20-9-2-1-6(4-10(9)21-11)3-7-8(17(18)19)5-15-12(14)16-7/h1-2,5-6,11H,3-4H2,(H2,14,15,16). The quantitative estimate of drug-likeness (QED) is 0.515. The van der Waals surface area contributed by atoms with Crippen LogP contribution in [0.15, 0.2) is 29.9 Å². The Bertz CT molecular complexity index is 661. The molecular weight excluding hydrogens is 300 g/mol. The van der Waals surface area contributed by atoms with E-state index in [0.29, 0.717) is 30.1 Å². The number of anilines is 1. The van der Waals surface area contributed by atoms with Gasteiger partial charge in [-0.25, -0.2) is 9.97 Å². The number of hydrogen-bond acceptors (Lipinski definition) is 7. The minimum atomic E-state index is -0.817. The van der Waals surface area contributed by atoms with Crippen LogP contribution < -0.4 is 5.73 Å². The lowest BCUT2D eigenvalue weighted by atomic mass is 9.93. The fraction of sp³-hybridized carbons (Fsp3) is 0.333. The fourth-order valence-corrected chi connectivity index (χ4v) is 2.49. The summed E-state index contributed by atoms with van der Waals surface area (Å²) in [6, 6.07) is 0. The van der Waals surface area contributed by atoms with E-state index in [0.717, 1.165) is 6.20 Å². The topological polar surface area (TPSA) is 113 Å². The second kappa shape index (κ2) is 5.21. The predicted octanol–water partition coefficient (Wildman–Crippen LogP) is 1.87. The van der Waals surface area contributed by atoms with Gasteiger partial charge in [-0.2, -0.15) is 0 Å². The van der Waals surface area contributed by atoms with E-state index in [1.54, 1.807) is 6.08 Å². The van der Waals surface area contributed by atoms with Crippen LogP contribution >= 0.6 is 11.6 Å². The molecular formula is C12H11ClN4O4. The Morgan fingerprint density at radius 1 is 1.52 bits per heavy atom. The molecule has 1 aromatic heterocycles. The van der Waals surface area contributed by atoms with Crippen molar-refractivity contribution in [3.63, 3.8) is 0 Å². The smallest absolute Gasteiger partial charge is 0.321 e. The number of nitrogens with two attached hydrogens (primary N) is 1. The molecule has 9 heteroatoms. The maximum atomic E-state index is 11.0. The summed E-state index contributed by atoms with van der Waals surface area (Å²) >= 11 is 5.74. The molecule has 2 unspecified atom stereocenters. The molecule has 0 aromatic carbocycles. The highest BCUT2D eigenvalue weighted by Crippen LogP contribution is 2.35. The van der Waals surface area contributed by atoms with Crippen LogP contribution in [0, 0.1) is 16.0 Å². The third kappa shape index (κ3) is 2.75. The number of alkyl halides is 1. The Kier molecular flexibility index (Phi) is 3.38. The largest absolute Gasteiger partial charge is 0.442 e. The highest BCUT2D eigenvalue weighted by atomic mass is 35.5. The number of aromatic nitrogens is 2. The van der Waals surface area contributed by atoms with Gasteiger partial charge in [0, 0.05) is 12.8 Å². The van der Waals surface area contributed by atoms with E-state index in [-0.39, 0.29) is 17.6 Å². The van der Waals surface area contributed by atoms with Gasteiger partial charge >= 0.3 is 11.4 Å². The molecule has 3 rings (SSSR count). The first-order valence-corrected chi connectivity index (χ1v) is 6.61. The molecule has 1 aliphatic carbocycles. The van der Waals surface area contributed by atoms with Gasteiger partial charge in [0.2, 0.25) is 5.95 Å². The lowest BCUT2D eigenvalue weighted by Gasteiger charge is -2.15. The molecule has 0 radical (unpaired) electrons. The molecule has 21 heavy (non-hydrogen) atoms. The second-order valence-electron chi connectivity index (χ2n) is 4.64. The summed E-state index contributed by atoms with van der Waals surface area (Å²) in [7, 11) is 0. The molecule has 0 fully saturated rings. The third-order valence-electron chi connectivity index (χ3n) is 3.21. The van der Waals surface area contributed by atoms with E-state index in [9.17, 15) is 10.1 Å². The van der Waals surface area contributed by atoms with E-state index in [1.165, 1.54) is 0 Å². The molecule has 0 spiro atoms. The summed E-state index contributed by atoms with van der Waals surface area (Å²) in [6.07, 6.45) is 5.66. The van der Waals surface area contributed by atoms with Crippen molar-refractivity contribution in [2.24, 2.45) is 5.92 Å². The van der Waals surface area contributed by atoms with E-state index >= 15 is 0 Å². The molecule has 2 aliphatic rings. The maximum Gasteiger partial charge on any atom is 0.321 e. The SMILES string of the molecule is Nc1ncc([N+](=O)[O-])c(CC2C=CC3=C(C2)OC(Cl)O3)n1. The summed E-state index contributed by atoms with van der Waals surface area (Å²) in [4.78, 5) is 18.1. The van der Waals surface area contributed by atoms with Crippen LogP contribution in [-0.2, 0) is 15.9 Å². The summed E-state index contributed by atoms with van der Waals surface area (Å²) in [5.74, 6) is 0.427. The van der Waals surface area contributed by atoms with Gasteiger partial charge in [-0.1, -0.05) is 6.08 Å². The first-order valence-electron chi connectivity index (χ1n) is 6.17. The highest BCUT2D eigenvalue weighted by molar-refractivity contribution is 6.19. The first kappa shape index (κ1) is 13.6. The molecule has 8 nitrogen and oxygen atoms in total. The van der Waals surface area contributed by atoms with Crippen molar-refractivity contribution in [2.75, 3.05) is 5.73 Å². The van der Waals surface area contributed by atoms with E-state index in [2.05, 4.69) is 9.97 Å². The molecule has 1 aromatic rings. The highest BCUT2D eigenvalue weighted by Gasteiger charge is 2.30. The zero-order valence-electron chi connectivity index (χ0n) is 10.7. The summed E-state index contributed by atoms with van der Waals surface area (Å²) in [5.41, 5.74) is 5.66. The Morgan fingerprint density at radius 2 is 2.33 bits per heavy atom. The van der Waals surface area contributed by atoms with Crippen LogP contribution in [0.2, 0.25) is 0 Å². The van der Waals surface area contributed by atoms with E-state index in [4.69, 9.17) is 26.8 Å². The van der Waals surface area contributed by atoms with Crippen molar-refractivity contribution in [1.29, 1.82) is 0 Å². The Labute approximate surface area is 124 Å². The fourth-order valence-electron chi connectivity index (χ4n) is 2.29. The van der Waals surface area contributed by atoms with Gasteiger partial charge in [0.1, 0.15) is 17.6 Å². The average molecular weight is 311 g/mol. The van der Waals surface area contributed by atoms with Crippen LogP contribution in [0.25, 0.3) is 0 Å². The van der Waals surface area contributed by atoms with Crippen molar-refractivity contribution in [1.82, 2.24) is 9.97 Å². The molecule has 0 amide bonds. The lowest BCUT2D eigenvalue weighted by Crippen LogP contribution is -2.11. The zero-order chi connectivity index (χ0) is 15.0. The molecule has 0 saturated heterocycles. The van der Waals surface area contributed by atoms with Gasteiger partial charge < -0.3 is 15.2 Å². The molecule has 110 valence electrons. The lowest BCUT2D eigenvalue weighted by molar-refractivity contribution is -0.386. The minimum absolute atomic E-state index is 0.0107. The molecule has 1 aliphatic heterocycles. The van der Waals surface area contributed by atoms with Crippen LogP contribution in [0.4, 0.5) is 11.6 Å². The van der Waals surface area contributed by atoms with Gasteiger partial charge in [0.15, 0.2) is 5.76 Å². The van der Waals surface area contributed by atoms with E-state index < -0.39 is 10.7 Å². The van der Waals surface area contributed by atoms with Crippen LogP contribution in [0.3, 0.4) is 0 Å². The summed E-state index contributed by atoms with van der Waals surface area (Å²) < 4.78 is 10.5. The molecule has 0 saturated carbocycles. The number of hydrogen-bond donors (Lipinski definition) is 1. The van der Waals surface area contributed by atoms with Crippen molar-refractivity contribution in [2.45, 2.75) is 18.6 Å². The van der Waals surface area contributed by atoms with E-state index in [1.807, 2.05) is 6.08 Å². The maximum absolute atomic E-state index is 11.0. The molecule has 2 heterocycles. The van der Waals surface area contributed by atoms with Crippen LogP contribution in [-0.4, -0.2) is 20.6 Å². The third-order valence-corrected chi connectivity index (χ3v) is 3.39. The Hall–Kier alpha value is -2.35. The van der Waals surface area contributed by atoms with Gasteiger partial charge in [0.05, 0.1) is 4.92 Å². The zero-order valence-corrected chi connectivity index (χ0v) is 11.5. The minimum Gasteiger partial charge on any atom is -0.442 e. The van der Waals surface area contributed by atoms with Crippen LogP contribution in [0.1, 0.15) is 12.1 Å². The van der Waals surface area contributed by atoms with Gasteiger partial charge in [-0.05, 0) is 23.6 Å². The number of ether oxygens (including phenoxy) is 2. The first-order chi connectivity index (χ1) is 10.0. The van der Waals surface area contributed by atoms with Gasteiger partial charge in [-0.3, -0.25) is 10.1 Å². The monoisotopic (exact) mass is 310 g/mol. The predicted molar refractivity (Wildman–Crippen MR) is 72.9 cm³/mol. The number of nitro groups is 1. The molecule has 2 atom stereocenters. The van der Waals surface area contributed by atoms with Gasteiger partial charge in [-0.15, -0.1) is 0 Å². The normalized spacial score (nSPS) is 23.5. The molecule has 0 bridgehead atoms. The van der Waals surface area contributed by atoms with Crippen LogP contribution in [0.5, 0.6) is 0 Å².